The van der Waals surface area contributed by atoms with Gasteiger partial charge in [-0.25, -0.2) is 15.0 Å². The lowest BCUT2D eigenvalue weighted by molar-refractivity contribution is -0.0463. The average molecular weight is 675 g/mol. The molecule has 9 nitrogen and oxygen atoms in total. The van der Waals surface area contributed by atoms with E-state index in [4.69, 9.17) is 19.3 Å². The predicted molar refractivity (Wildman–Crippen MR) is 195 cm³/mol. The molecule has 0 radical (unpaired) electrons. The highest BCUT2D eigenvalue weighted by atomic mass is 28.4. The second kappa shape index (κ2) is 13.5. The number of imidazole rings is 1. The van der Waals surface area contributed by atoms with E-state index in [0.29, 0.717) is 23.6 Å². The van der Waals surface area contributed by atoms with Crippen LogP contribution in [-0.2, 0) is 26.7 Å². The topological polar surface area (TPSA) is 101 Å². The molecule has 0 bridgehead atoms. The number of nitrogens with two attached hydrogens (primary N) is 1. The summed E-state index contributed by atoms with van der Waals surface area (Å²) in [5.74, 6) is 0.345. The fourth-order valence-corrected chi connectivity index (χ4v) is 7.94. The molecule has 0 aliphatic carbocycles. The van der Waals surface area contributed by atoms with Crippen LogP contribution < -0.4 is 5.73 Å². The second-order valence-electron chi connectivity index (χ2n) is 15.9. The lowest BCUT2D eigenvalue weighted by atomic mass is 10.0. The van der Waals surface area contributed by atoms with Gasteiger partial charge in [0.05, 0.1) is 19.0 Å². The van der Waals surface area contributed by atoms with Gasteiger partial charge in [0.25, 0.3) is 0 Å². The summed E-state index contributed by atoms with van der Waals surface area (Å²) in [7, 11) is -4.43. The summed E-state index contributed by atoms with van der Waals surface area (Å²) in [5, 5.41) is 0.0332. The van der Waals surface area contributed by atoms with Crippen molar-refractivity contribution in [1.29, 1.82) is 0 Å². The third-order valence-corrected chi connectivity index (χ3v) is 19.5. The average Bonchev–Trinajstić information content (AvgIpc) is 3.57. The second-order valence-corrected chi connectivity index (χ2v) is 25.5. The van der Waals surface area contributed by atoms with Crippen LogP contribution in [0.3, 0.4) is 0 Å². The number of ether oxygens (including phenoxy) is 1. The Balaban J connectivity index is 1.66. The molecule has 4 aromatic rings. The number of anilines is 1. The first-order valence-electron chi connectivity index (χ1n) is 16.7. The van der Waals surface area contributed by atoms with Gasteiger partial charge in [0.15, 0.2) is 34.3 Å². The van der Waals surface area contributed by atoms with E-state index < -0.39 is 22.9 Å². The zero-order valence-electron chi connectivity index (χ0n) is 29.9. The van der Waals surface area contributed by atoms with Crippen molar-refractivity contribution in [2.24, 2.45) is 0 Å². The van der Waals surface area contributed by atoms with E-state index in [-0.39, 0.29) is 28.3 Å². The smallest absolute Gasteiger partial charge is 0.192 e. The number of fused-ring (bicyclic) bond motifs is 1. The molecule has 0 amide bonds. The molecule has 2 N–H and O–H groups in total. The fraction of sp³-hybridized carbons (Fsp3) is 0.528. The standard InChI is InChI=1S/C36H54N6O3Si2/c1-35(2,3)46(7,8)43-23-28-30(41(21-26-17-13-11-14-18-26)22-27-19-15-12-16-20-27)31(45-47(9,10)36(4,5)6)34(44-28)42-25-40-29-32(37)38-24-39-33(29)42/h11-20,24-25,28,30-31,34H,21-23H2,1-10H3,(H2,37,38,39)/t28?,30?,31?,34-/m1/s1. The van der Waals surface area contributed by atoms with Gasteiger partial charge in [-0.1, -0.05) is 102 Å². The Morgan fingerprint density at radius 3 is 1.89 bits per heavy atom. The summed E-state index contributed by atoms with van der Waals surface area (Å²) in [4.78, 5) is 16.0. The highest BCUT2D eigenvalue weighted by Crippen LogP contribution is 2.45. The summed E-state index contributed by atoms with van der Waals surface area (Å²) in [6, 6.07) is 21.2. The van der Waals surface area contributed by atoms with E-state index in [1.54, 1.807) is 6.33 Å². The van der Waals surface area contributed by atoms with Gasteiger partial charge in [-0.05, 0) is 47.4 Å². The summed E-state index contributed by atoms with van der Waals surface area (Å²) >= 11 is 0. The first kappa shape index (κ1) is 35.4. The molecule has 1 fully saturated rings. The lowest BCUT2D eigenvalue weighted by Gasteiger charge is -2.43. The maximum Gasteiger partial charge on any atom is 0.192 e. The summed E-state index contributed by atoms with van der Waals surface area (Å²) in [6.45, 7) is 24.8. The molecule has 3 heterocycles. The van der Waals surface area contributed by atoms with Gasteiger partial charge < -0.3 is 19.3 Å². The highest BCUT2D eigenvalue weighted by molar-refractivity contribution is 6.74. The molecule has 0 saturated carbocycles. The van der Waals surface area contributed by atoms with Gasteiger partial charge >= 0.3 is 0 Å². The first-order chi connectivity index (χ1) is 22.0. The van der Waals surface area contributed by atoms with Gasteiger partial charge in [-0.15, -0.1) is 0 Å². The molecule has 4 atom stereocenters. The number of nitrogens with zero attached hydrogens (tertiary/aromatic N) is 5. The maximum atomic E-state index is 7.48. The maximum absolute atomic E-state index is 7.48. The van der Waals surface area contributed by atoms with Crippen molar-refractivity contribution in [3.63, 3.8) is 0 Å². The van der Waals surface area contributed by atoms with Gasteiger partial charge in [0, 0.05) is 13.1 Å². The van der Waals surface area contributed by atoms with Gasteiger partial charge in [-0.3, -0.25) is 9.47 Å². The highest BCUT2D eigenvalue weighted by Gasteiger charge is 2.54. The number of nitrogen functional groups attached to an aromatic ring is 1. The number of aromatic nitrogens is 4. The van der Waals surface area contributed by atoms with Gasteiger partial charge in [0.2, 0.25) is 0 Å². The molecule has 2 aromatic carbocycles. The minimum atomic E-state index is -2.32. The summed E-state index contributed by atoms with van der Waals surface area (Å²) in [5.41, 5.74) is 9.91. The van der Waals surface area contributed by atoms with E-state index >= 15 is 0 Å². The van der Waals surface area contributed by atoms with Gasteiger partial charge in [0.1, 0.15) is 24.1 Å². The van der Waals surface area contributed by atoms with Crippen molar-refractivity contribution >= 4 is 33.6 Å². The van der Waals surface area contributed by atoms with Crippen LogP contribution in [0.2, 0.25) is 36.3 Å². The molecular formula is C36H54N6O3Si2. The molecule has 11 heteroatoms. The van der Waals surface area contributed by atoms with Crippen LogP contribution in [0.15, 0.2) is 73.3 Å². The summed E-state index contributed by atoms with van der Waals surface area (Å²) < 4.78 is 23.6. The Hall–Kier alpha value is -2.94. The minimum Gasteiger partial charge on any atom is -0.414 e. The van der Waals surface area contributed by atoms with E-state index in [0.717, 1.165) is 13.1 Å². The Labute approximate surface area is 283 Å². The Kier molecular flexibility index (Phi) is 10.2. The molecular weight excluding hydrogens is 621 g/mol. The minimum absolute atomic E-state index is 0.0227. The molecule has 1 saturated heterocycles. The van der Waals surface area contributed by atoms with Crippen molar-refractivity contribution in [3.8, 4) is 0 Å². The zero-order chi connectivity index (χ0) is 34.2. The number of benzene rings is 2. The number of rotatable bonds is 11. The molecule has 254 valence electrons. The Morgan fingerprint density at radius 1 is 0.809 bits per heavy atom. The van der Waals surface area contributed by atoms with Crippen LogP contribution >= 0.6 is 0 Å². The molecule has 3 unspecified atom stereocenters. The molecule has 1 aliphatic rings. The molecule has 1 aliphatic heterocycles. The number of hydrogen-bond acceptors (Lipinski definition) is 8. The van der Waals surface area contributed by atoms with Crippen LogP contribution in [-0.4, -0.2) is 65.9 Å². The van der Waals surface area contributed by atoms with E-state index in [2.05, 4.69) is 148 Å². The van der Waals surface area contributed by atoms with Crippen LogP contribution in [0.5, 0.6) is 0 Å². The van der Waals surface area contributed by atoms with Crippen LogP contribution in [0.25, 0.3) is 11.2 Å². The van der Waals surface area contributed by atoms with Crippen LogP contribution in [0.1, 0.15) is 58.9 Å². The largest absolute Gasteiger partial charge is 0.414 e. The van der Waals surface area contributed by atoms with E-state index in [9.17, 15) is 0 Å². The summed E-state index contributed by atoms with van der Waals surface area (Å²) in [6.07, 6.45) is 2.13. The van der Waals surface area contributed by atoms with Crippen molar-refractivity contribution in [2.75, 3.05) is 12.3 Å². The van der Waals surface area contributed by atoms with Crippen molar-refractivity contribution < 1.29 is 13.6 Å². The van der Waals surface area contributed by atoms with Crippen molar-refractivity contribution in [3.05, 3.63) is 84.4 Å². The first-order valence-corrected chi connectivity index (χ1v) is 22.5. The normalized spacial score (nSPS) is 21.2. The quantitative estimate of drug-likeness (QED) is 0.161. The Morgan fingerprint density at radius 2 is 1.36 bits per heavy atom. The Bertz CT molecular complexity index is 1580. The monoisotopic (exact) mass is 674 g/mol. The third kappa shape index (κ3) is 7.71. The lowest BCUT2D eigenvalue weighted by Crippen LogP contribution is -2.54. The fourth-order valence-electron chi connectivity index (χ4n) is 5.63. The van der Waals surface area contributed by atoms with Crippen molar-refractivity contribution in [1.82, 2.24) is 24.4 Å². The predicted octanol–water partition coefficient (Wildman–Crippen LogP) is 7.79. The third-order valence-electron chi connectivity index (χ3n) is 10.5. The zero-order valence-corrected chi connectivity index (χ0v) is 31.9. The van der Waals surface area contributed by atoms with E-state index in [1.165, 1.54) is 17.5 Å². The van der Waals surface area contributed by atoms with Gasteiger partial charge in [-0.2, -0.15) is 0 Å². The molecule has 47 heavy (non-hydrogen) atoms. The van der Waals surface area contributed by atoms with Crippen LogP contribution in [0, 0.1) is 0 Å². The van der Waals surface area contributed by atoms with Crippen molar-refractivity contribution in [2.45, 2.75) is 115 Å². The molecule has 0 spiro atoms. The molecule has 5 rings (SSSR count). The van der Waals surface area contributed by atoms with Crippen LogP contribution in [0.4, 0.5) is 5.82 Å². The molecule has 2 aromatic heterocycles. The number of hydrogen-bond donors (Lipinski definition) is 1. The van der Waals surface area contributed by atoms with E-state index in [1.807, 2.05) is 4.57 Å². The SMILES string of the molecule is CC(C)(C)[Si](C)(C)OCC1O[C@@H](n2cnc3c(N)ncnc32)C(O[Si](C)(C)C(C)(C)C)C1N(Cc1ccccc1)Cc1ccccc1.